The highest BCUT2D eigenvalue weighted by molar-refractivity contribution is 5.85. The van der Waals surface area contributed by atoms with E-state index in [0.29, 0.717) is 36.0 Å². The van der Waals surface area contributed by atoms with E-state index in [1.54, 1.807) is 38.1 Å². The van der Waals surface area contributed by atoms with Crippen molar-refractivity contribution in [2.75, 3.05) is 23.8 Å². The molecule has 2 amide bonds. The molecule has 0 fully saturated rings. The minimum absolute atomic E-state index is 0.299. The highest BCUT2D eigenvalue weighted by Crippen LogP contribution is 2.18. The number of ether oxygens (including phenoxy) is 2. The Morgan fingerprint density at radius 1 is 0.833 bits per heavy atom. The Morgan fingerprint density at radius 2 is 1.25 bits per heavy atom. The van der Waals surface area contributed by atoms with Crippen molar-refractivity contribution < 1.29 is 19.1 Å². The van der Waals surface area contributed by atoms with Gasteiger partial charge in [-0.15, -0.1) is 0 Å². The van der Waals surface area contributed by atoms with E-state index in [0.717, 1.165) is 0 Å². The summed E-state index contributed by atoms with van der Waals surface area (Å²) >= 11 is 0. The van der Waals surface area contributed by atoms with E-state index in [1.165, 1.54) is 12.4 Å². The fraction of sp³-hybridized carbons (Fsp3) is 0.250. The van der Waals surface area contributed by atoms with E-state index in [9.17, 15) is 9.59 Å². The van der Waals surface area contributed by atoms with Crippen LogP contribution in [0.15, 0.2) is 36.7 Å². The van der Waals surface area contributed by atoms with Gasteiger partial charge in [-0.1, -0.05) is 0 Å². The lowest BCUT2D eigenvalue weighted by molar-refractivity contribution is 0.167. The van der Waals surface area contributed by atoms with Gasteiger partial charge in [0.1, 0.15) is 0 Å². The van der Waals surface area contributed by atoms with Crippen LogP contribution >= 0.6 is 0 Å². The van der Waals surface area contributed by atoms with Crippen LogP contribution < -0.4 is 10.6 Å². The maximum Gasteiger partial charge on any atom is 0.411 e. The molecule has 0 aromatic carbocycles. The standard InChI is InChI=1S/C16H18N4O4/c1-3-23-15(21)19-11-5-7-13(17-9-11)14-8-6-12(10-18-14)20-16(22)24-4-2/h5-10H,3-4H2,1-2H3,(H,19,21)(H,20,22). The molecule has 0 unspecified atom stereocenters. The van der Waals surface area contributed by atoms with Crippen molar-refractivity contribution in [3.63, 3.8) is 0 Å². The minimum atomic E-state index is -0.528. The Morgan fingerprint density at radius 3 is 1.54 bits per heavy atom. The van der Waals surface area contributed by atoms with Crippen molar-refractivity contribution in [1.82, 2.24) is 9.97 Å². The summed E-state index contributed by atoms with van der Waals surface area (Å²) in [6.45, 7) is 4.06. The molecule has 0 atom stereocenters. The molecule has 0 bridgehead atoms. The third kappa shape index (κ3) is 4.94. The van der Waals surface area contributed by atoms with Gasteiger partial charge in [-0.05, 0) is 38.1 Å². The quantitative estimate of drug-likeness (QED) is 0.872. The first-order chi connectivity index (χ1) is 11.6. The average Bonchev–Trinajstić information content (AvgIpc) is 2.57. The molecule has 2 rings (SSSR count). The van der Waals surface area contributed by atoms with Crippen molar-refractivity contribution >= 4 is 23.6 Å². The van der Waals surface area contributed by atoms with Crippen LogP contribution in [0.4, 0.5) is 21.0 Å². The first-order valence-corrected chi connectivity index (χ1v) is 7.42. The summed E-state index contributed by atoms with van der Waals surface area (Å²) in [6, 6.07) is 6.85. The third-order valence-corrected chi connectivity index (χ3v) is 2.83. The Hall–Kier alpha value is -3.16. The molecule has 2 aromatic rings. The molecule has 126 valence electrons. The average molecular weight is 330 g/mol. The van der Waals surface area contributed by atoms with Gasteiger partial charge in [-0.3, -0.25) is 20.6 Å². The van der Waals surface area contributed by atoms with Crippen LogP contribution in [-0.2, 0) is 9.47 Å². The van der Waals surface area contributed by atoms with E-state index in [1.807, 2.05) is 0 Å². The number of hydrogen-bond acceptors (Lipinski definition) is 6. The van der Waals surface area contributed by atoms with Gasteiger partial charge in [0.15, 0.2) is 0 Å². The molecular weight excluding hydrogens is 312 g/mol. The normalized spacial score (nSPS) is 9.92. The summed E-state index contributed by atoms with van der Waals surface area (Å²) in [5.41, 5.74) is 2.31. The molecule has 0 spiro atoms. The molecule has 0 aliphatic heterocycles. The van der Waals surface area contributed by atoms with Gasteiger partial charge in [0.05, 0.1) is 48.4 Å². The van der Waals surface area contributed by atoms with E-state index in [2.05, 4.69) is 20.6 Å². The molecule has 0 radical (unpaired) electrons. The molecule has 8 heteroatoms. The number of aromatic nitrogens is 2. The number of amides is 2. The maximum atomic E-state index is 11.3. The van der Waals surface area contributed by atoms with Crippen LogP contribution in [0.1, 0.15) is 13.8 Å². The van der Waals surface area contributed by atoms with Crippen LogP contribution in [-0.4, -0.2) is 35.4 Å². The summed E-state index contributed by atoms with van der Waals surface area (Å²) in [5, 5.41) is 5.12. The molecule has 2 heterocycles. The van der Waals surface area contributed by atoms with Gasteiger partial charge in [0, 0.05) is 0 Å². The molecule has 8 nitrogen and oxygen atoms in total. The van der Waals surface area contributed by atoms with Gasteiger partial charge >= 0.3 is 12.2 Å². The maximum absolute atomic E-state index is 11.3. The van der Waals surface area contributed by atoms with Crippen molar-refractivity contribution in [1.29, 1.82) is 0 Å². The minimum Gasteiger partial charge on any atom is -0.450 e. The number of hydrogen-bond donors (Lipinski definition) is 2. The van der Waals surface area contributed by atoms with Gasteiger partial charge in [0.2, 0.25) is 0 Å². The summed E-state index contributed by atoms with van der Waals surface area (Å²) < 4.78 is 9.58. The number of nitrogens with zero attached hydrogens (tertiary/aromatic N) is 2. The number of rotatable bonds is 5. The summed E-state index contributed by atoms with van der Waals surface area (Å²) in [5.74, 6) is 0. The van der Waals surface area contributed by atoms with Crippen LogP contribution in [0.25, 0.3) is 11.4 Å². The number of nitrogens with one attached hydrogen (secondary N) is 2. The first-order valence-electron chi connectivity index (χ1n) is 7.42. The summed E-state index contributed by atoms with van der Waals surface area (Å²) in [6.07, 6.45) is 1.97. The number of anilines is 2. The van der Waals surface area contributed by atoms with Gasteiger partial charge in [-0.2, -0.15) is 0 Å². The smallest absolute Gasteiger partial charge is 0.411 e. The molecule has 0 saturated heterocycles. The second-order valence-corrected chi connectivity index (χ2v) is 4.56. The topological polar surface area (TPSA) is 102 Å². The molecule has 24 heavy (non-hydrogen) atoms. The van der Waals surface area contributed by atoms with Crippen molar-refractivity contribution in [2.45, 2.75) is 13.8 Å². The summed E-state index contributed by atoms with van der Waals surface area (Å²) in [4.78, 5) is 31.1. The molecule has 0 aliphatic carbocycles. The molecule has 2 aromatic heterocycles. The second-order valence-electron chi connectivity index (χ2n) is 4.56. The third-order valence-electron chi connectivity index (χ3n) is 2.83. The van der Waals surface area contributed by atoms with Gasteiger partial charge in [-0.25, -0.2) is 9.59 Å². The zero-order chi connectivity index (χ0) is 17.4. The monoisotopic (exact) mass is 330 g/mol. The number of carbonyl (C=O) groups is 2. The van der Waals surface area contributed by atoms with Crippen LogP contribution in [0.3, 0.4) is 0 Å². The van der Waals surface area contributed by atoms with Crippen molar-refractivity contribution in [3.8, 4) is 11.4 Å². The molecular formula is C16H18N4O4. The lowest BCUT2D eigenvalue weighted by atomic mass is 10.2. The molecule has 0 saturated carbocycles. The molecule has 0 aliphatic rings. The van der Waals surface area contributed by atoms with E-state index >= 15 is 0 Å². The zero-order valence-electron chi connectivity index (χ0n) is 13.4. The van der Waals surface area contributed by atoms with E-state index in [4.69, 9.17) is 9.47 Å². The number of carbonyl (C=O) groups excluding carboxylic acids is 2. The molecule has 2 N–H and O–H groups in total. The van der Waals surface area contributed by atoms with Crippen LogP contribution in [0.2, 0.25) is 0 Å². The van der Waals surface area contributed by atoms with E-state index < -0.39 is 12.2 Å². The number of pyridine rings is 2. The Kier molecular flexibility index (Phi) is 6.07. The highest BCUT2D eigenvalue weighted by atomic mass is 16.6. The SMILES string of the molecule is CCOC(=O)Nc1ccc(-c2ccc(NC(=O)OCC)cn2)nc1. The Balaban J connectivity index is 2.01. The van der Waals surface area contributed by atoms with Crippen LogP contribution in [0, 0.1) is 0 Å². The Labute approximate surface area is 139 Å². The van der Waals surface area contributed by atoms with E-state index in [-0.39, 0.29) is 0 Å². The van der Waals surface area contributed by atoms with Crippen molar-refractivity contribution in [2.24, 2.45) is 0 Å². The second kappa shape index (κ2) is 8.47. The van der Waals surface area contributed by atoms with Gasteiger partial charge in [0.25, 0.3) is 0 Å². The predicted molar refractivity (Wildman–Crippen MR) is 88.8 cm³/mol. The fourth-order valence-electron chi connectivity index (χ4n) is 1.81. The van der Waals surface area contributed by atoms with Gasteiger partial charge < -0.3 is 9.47 Å². The zero-order valence-corrected chi connectivity index (χ0v) is 13.4. The fourth-order valence-corrected chi connectivity index (χ4v) is 1.81. The van der Waals surface area contributed by atoms with Crippen LogP contribution in [0.5, 0.6) is 0 Å². The largest absolute Gasteiger partial charge is 0.450 e. The Bertz CT molecular complexity index is 625. The predicted octanol–water partition coefficient (Wildman–Crippen LogP) is 3.28. The first kappa shape index (κ1) is 17.2. The lowest BCUT2D eigenvalue weighted by Crippen LogP contribution is -2.13. The summed E-state index contributed by atoms with van der Waals surface area (Å²) in [7, 11) is 0. The lowest BCUT2D eigenvalue weighted by Gasteiger charge is -2.07. The highest BCUT2D eigenvalue weighted by Gasteiger charge is 2.06. The van der Waals surface area contributed by atoms with Crippen molar-refractivity contribution in [3.05, 3.63) is 36.7 Å².